The third-order valence-corrected chi connectivity index (χ3v) is 5.62. The van der Waals surface area contributed by atoms with Crippen molar-refractivity contribution in [1.82, 2.24) is 9.62 Å². The number of nitrogens with one attached hydrogen (secondary N) is 1. The van der Waals surface area contributed by atoms with E-state index in [0.29, 0.717) is 18.2 Å². The summed E-state index contributed by atoms with van der Waals surface area (Å²) in [6, 6.07) is 6.25. The van der Waals surface area contributed by atoms with Crippen LogP contribution in [-0.4, -0.2) is 38.1 Å². The van der Waals surface area contributed by atoms with Crippen LogP contribution in [0.25, 0.3) is 0 Å². The molecule has 0 amide bonds. The summed E-state index contributed by atoms with van der Waals surface area (Å²) in [7, 11) is -1.88. The molecule has 4 nitrogen and oxygen atoms in total. The van der Waals surface area contributed by atoms with Gasteiger partial charge in [-0.2, -0.15) is 4.31 Å². The van der Waals surface area contributed by atoms with Gasteiger partial charge in [-0.05, 0) is 25.8 Å². The average molecular weight is 300 g/mol. The van der Waals surface area contributed by atoms with Gasteiger partial charge in [0, 0.05) is 31.2 Å². The topological polar surface area (TPSA) is 49.4 Å². The molecule has 0 saturated heterocycles. The molecule has 0 aromatic heterocycles. The normalized spacial score (nSPS) is 17.4. The molecule has 1 unspecified atom stereocenters. The minimum absolute atomic E-state index is 0.0405. The maximum absolute atomic E-state index is 13.7. The van der Waals surface area contributed by atoms with Crippen molar-refractivity contribution in [3.8, 4) is 0 Å². The number of hydrogen-bond donors (Lipinski definition) is 1. The Hall–Kier alpha value is -0.980. The molecule has 1 atom stereocenters. The van der Waals surface area contributed by atoms with Crippen LogP contribution in [0.15, 0.2) is 24.3 Å². The van der Waals surface area contributed by atoms with Gasteiger partial charge in [0.25, 0.3) is 0 Å². The summed E-state index contributed by atoms with van der Waals surface area (Å²) in [5.74, 6) is -0.336. The Labute approximate surface area is 120 Å². The Morgan fingerprint density at radius 1 is 1.40 bits per heavy atom. The lowest BCUT2D eigenvalue weighted by Gasteiger charge is -2.25. The van der Waals surface area contributed by atoms with E-state index >= 15 is 0 Å². The zero-order valence-electron chi connectivity index (χ0n) is 11.8. The van der Waals surface area contributed by atoms with Crippen molar-refractivity contribution >= 4 is 10.0 Å². The highest BCUT2D eigenvalue weighted by Gasteiger charge is 2.27. The van der Waals surface area contributed by atoms with Gasteiger partial charge in [0.2, 0.25) is 10.0 Å². The smallest absolute Gasteiger partial charge is 0.215 e. The van der Waals surface area contributed by atoms with Crippen molar-refractivity contribution in [2.24, 2.45) is 0 Å². The Morgan fingerprint density at radius 3 is 2.65 bits per heavy atom. The van der Waals surface area contributed by atoms with Crippen LogP contribution < -0.4 is 5.32 Å². The molecule has 20 heavy (non-hydrogen) atoms. The zero-order chi connectivity index (χ0) is 14.8. The van der Waals surface area contributed by atoms with Gasteiger partial charge in [-0.25, -0.2) is 12.8 Å². The molecular formula is C14H21FN2O2S. The lowest BCUT2D eigenvalue weighted by molar-refractivity contribution is 0.387. The van der Waals surface area contributed by atoms with Crippen molar-refractivity contribution in [2.45, 2.75) is 31.8 Å². The van der Waals surface area contributed by atoms with E-state index in [-0.39, 0.29) is 11.6 Å². The van der Waals surface area contributed by atoms with E-state index in [9.17, 15) is 12.8 Å². The van der Waals surface area contributed by atoms with Gasteiger partial charge in [-0.1, -0.05) is 18.2 Å². The summed E-state index contributed by atoms with van der Waals surface area (Å²) in [6.45, 7) is 2.14. The number of sulfonamides is 1. The van der Waals surface area contributed by atoms with Crippen LogP contribution in [-0.2, 0) is 10.0 Å². The van der Waals surface area contributed by atoms with Gasteiger partial charge in [0.15, 0.2) is 0 Å². The number of nitrogens with zero attached hydrogens (tertiary/aromatic N) is 1. The highest BCUT2D eigenvalue weighted by atomic mass is 32.2. The van der Waals surface area contributed by atoms with Crippen LogP contribution in [0.5, 0.6) is 0 Å². The van der Waals surface area contributed by atoms with E-state index in [1.165, 1.54) is 17.4 Å². The summed E-state index contributed by atoms with van der Waals surface area (Å²) in [5.41, 5.74) is 0.397. The van der Waals surface area contributed by atoms with Crippen molar-refractivity contribution in [3.05, 3.63) is 35.6 Å². The van der Waals surface area contributed by atoms with Gasteiger partial charge in [0.1, 0.15) is 5.82 Å². The minimum Gasteiger partial charge on any atom is -0.313 e. The molecule has 1 aromatic carbocycles. The largest absolute Gasteiger partial charge is 0.313 e. The van der Waals surface area contributed by atoms with E-state index in [4.69, 9.17) is 0 Å². The molecule has 0 aliphatic heterocycles. The molecule has 1 fully saturated rings. The maximum Gasteiger partial charge on any atom is 0.215 e. The first-order chi connectivity index (χ1) is 9.42. The Kier molecular flexibility index (Phi) is 4.78. The van der Waals surface area contributed by atoms with E-state index in [2.05, 4.69) is 5.32 Å². The minimum atomic E-state index is -3.39. The van der Waals surface area contributed by atoms with Gasteiger partial charge >= 0.3 is 0 Å². The molecule has 6 heteroatoms. The summed E-state index contributed by atoms with van der Waals surface area (Å²) in [6.07, 6.45) is 2.25. The monoisotopic (exact) mass is 300 g/mol. The number of hydrogen-bond acceptors (Lipinski definition) is 3. The third-order valence-electron chi connectivity index (χ3n) is 3.71. The molecule has 0 spiro atoms. The van der Waals surface area contributed by atoms with Gasteiger partial charge in [0.05, 0.1) is 5.75 Å². The lowest BCUT2D eigenvalue weighted by Crippen LogP contribution is -2.36. The second-order valence-electron chi connectivity index (χ2n) is 5.26. The molecule has 0 radical (unpaired) electrons. The SMILES string of the molecule is CC(c1ccccc1F)N(C)S(=O)(=O)CCNC1CC1. The second-order valence-corrected chi connectivity index (χ2v) is 7.41. The molecule has 1 saturated carbocycles. The molecule has 112 valence electrons. The molecule has 1 aromatic rings. The van der Waals surface area contributed by atoms with E-state index in [0.717, 1.165) is 12.8 Å². The number of rotatable bonds is 7. The molecule has 1 N–H and O–H groups in total. The fourth-order valence-corrected chi connectivity index (χ4v) is 3.33. The quantitative estimate of drug-likeness (QED) is 0.837. The van der Waals surface area contributed by atoms with Crippen molar-refractivity contribution in [1.29, 1.82) is 0 Å². The van der Waals surface area contributed by atoms with Gasteiger partial charge in [-0.15, -0.1) is 0 Å². The van der Waals surface area contributed by atoms with Crippen molar-refractivity contribution < 1.29 is 12.8 Å². The summed E-state index contributed by atoms with van der Waals surface area (Å²) in [5, 5.41) is 3.18. The fraction of sp³-hybridized carbons (Fsp3) is 0.571. The zero-order valence-corrected chi connectivity index (χ0v) is 12.7. The molecule has 0 bridgehead atoms. The predicted octanol–water partition coefficient (Wildman–Crippen LogP) is 1.90. The molecule has 1 aliphatic rings. The van der Waals surface area contributed by atoms with E-state index in [1.54, 1.807) is 25.1 Å². The van der Waals surface area contributed by atoms with E-state index < -0.39 is 16.1 Å². The predicted molar refractivity (Wildman–Crippen MR) is 77.4 cm³/mol. The van der Waals surface area contributed by atoms with Gasteiger partial charge < -0.3 is 5.32 Å². The van der Waals surface area contributed by atoms with E-state index in [1.807, 2.05) is 0 Å². The Balaban J connectivity index is 2.00. The molecule has 2 rings (SSSR count). The van der Waals surface area contributed by atoms with Gasteiger partial charge in [-0.3, -0.25) is 0 Å². The van der Waals surface area contributed by atoms with Crippen molar-refractivity contribution in [3.63, 3.8) is 0 Å². The molecule has 0 heterocycles. The number of halogens is 1. The maximum atomic E-state index is 13.7. The van der Waals surface area contributed by atoms with Crippen LogP contribution >= 0.6 is 0 Å². The first kappa shape index (κ1) is 15.4. The molecular weight excluding hydrogens is 279 g/mol. The molecule has 1 aliphatic carbocycles. The summed E-state index contributed by atoms with van der Waals surface area (Å²) >= 11 is 0. The average Bonchev–Trinajstić information content (AvgIpc) is 3.21. The highest BCUT2D eigenvalue weighted by molar-refractivity contribution is 7.89. The van der Waals surface area contributed by atoms with Crippen LogP contribution in [0.2, 0.25) is 0 Å². The lowest BCUT2D eigenvalue weighted by atomic mass is 10.1. The third kappa shape index (κ3) is 3.77. The highest BCUT2D eigenvalue weighted by Crippen LogP contribution is 2.24. The first-order valence-corrected chi connectivity index (χ1v) is 8.46. The van der Waals surface area contributed by atoms with Crippen LogP contribution in [0.1, 0.15) is 31.4 Å². The Morgan fingerprint density at radius 2 is 2.05 bits per heavy atom. The number of benzene rings is 1. The second kappa shape index (κ2) is 6.20. The van der Waals surface area contributed by atoms with Crippen LogP contribution in [0, 0.1) is 5.82 Å². The fourth-order valence-electron chi connectivity index (χ4n) is 2.07. The summed E-state index contributed by atoms with van der Waals surface area (Å²) < 4.78 is 39.4. The Bertz CT molecular complexity index is 558. The van der Waals surface area contributed by atoms with Crippen molar-refractivity contribution in [2.75, 3.05) is 19.3 Å². The first-order valence-electron chi connectivity index (χ1n) is 6.85. The van der Waals surface area contributed by atoms with Crippen LogP contribution in [0.4, 0.5) is 4.39 Å². The standard InChI is InChI=1S/C14H21FN2O2S/c1-11(13-5-3-4-6-14(13)15)17(2)20(18,19)10-9-16-12-7-8-12/h3-6,11-12,16H,7-10H2,1-2H3. The summed E-state index contributed by atoms with van der Waals surface area (Å²) in [4.78, 5) is 0. The van der Waals surface area contributed by atoms with Crippen LogP contribution in [0.3, 0.4) is 0 Å².